The number of rotatable bonds is 7. The van der Waals surface area contributed by atoms with Crippen LogP contribution in [0.2, 0.25) is 0 Å². The number of nitrogens with one attached hydrogen (secondary N) is 1. The minimum atomic E-state index is 0.388. The molecule has 0 heterocycles. The van der Waals surface area contributed by atoms with Crippen LogP contribution < -0.4 is 10.1 Å². The largest absolute Gasteiger partial charge is 0.496 e. The summed E-state index contributed by atoms with van der Waals surface area (Å²) in [6.45, 7) is 6.32. The van der Waals surface area contributed by atoms with Gasteiger partial charge < -0.3 is 10.1 Å². The van der Waals surface area contributed by atoms with Gasteiger partial charge >= 0.3 is 0 Å². The van der Waals surface area contributed by atoms with E-state index in [1.165, 1.54) is 30.4 Å². The van der Waals surface area contributed by atoms with Crippen molar-refractivity contribution in [2.45, 2.75) is 51.7 Å². The molecule has 3 heteroatoms. The molecule has 1 aromatic rings. The van der Waals surface area contributed by atoms with E-state index in [0.717, 1.165) is 24.9 Å². The molecule has 1 aliphatic carbocycles. The van der Waals surface area contributed by atoms with Crippen molar-refractivity contribution in [1.29, 1.82) is 0 Å². The predicted octanol–water partition coefficient (Wildman–Crippen LogP) is 3.35. The van der Waals surface area contributed by atoms with Crippen LogP contribution in [0.5, 0.6) is 5.75 Å². The lowest BCUT2D eigenvalue weighted by Crippen LogP contribution is -2.36. The first-order chi connectivity index (χ1) is 9.65. The number of methoxy groups -OCH3 is 1. The Hall–Kier alpha value is -1.06. The van der Waals surface area contributed by atoms with Gasteiger partial charge in [0.2, 0.25) is 0 Å². The van der Waals surface area contributed by atoms with Gasteiger partial charge in [0.1, 0.15) is 5.75 Å². The van der Waals surface area contributed by atoms with E-state index in [4.69, 9.17) is 4.74 Å². The zero-order chi connectivity index (χ0) is 14.5. The molecular formula is C17H28N2O. The number of benzene rings is 1. The van der Waals surface area contributed by atoms with Crippen LogP contribution in [-0.4, -0.2) is 31.6 Å². The Bertz CT molecular complexity index is 429. The molecule has 1 fully saturated rings. The summed E-state index contributed by atoms with van der Waals surface area (Å²) in [6.07, 6.45) is 4.06. The van der Waals surface area contributed by atoms with Crippen LogP contribution >= 0.6 is 0 Å². The fourth-order valence-electron chi connectivity index (χ4n) is 2.84. The third-order valence-electron chi connectivity index (χ3n) is 4.43. The maximum Gasteiger partial charge on any atom is 0.123 e. The summed E-state index contributed by atoms with van der Waals surface area (Å²) < 4.78 is 5.53. The number of ether oxygens (including phenoxy) is 1. The van der Waals surface area contributed by atoms with Crippen molar-refractivity contribution in [3.8, 4) is 5.75 Å². The van der Waals surface area contributed by atoms with Gasteiger partial charge in [0.15, 0.2) is 0 Å². The molecular weight excluding hydrogens is 248 g/mol. The first kappa shape index (κ1) is 15.3. The molecule has 1 N–H and O–H groups in total. The lowest BCUT2D eigenvalue weighted by atomic mass is 9.91. The minimum absolute atomic E-state index is 0.388. The van der Waals surface area contributed by atoms with Crippen molar-refractivity contribution >= 4 is 0 Å². The molecule has 0 aliphatic heterocycles. The first-order valence-electron chi connectivity index (χ1n) is 7.76. The number of nitrogens with zero attached hydrogens (tertiary/aromatic N) is 1. The van der Waals surface area contributed by atoms with Crippen LogP contribution in [0, 0.1) is 0 Å². The molecule has 0 bridgehead atoms. The summed E-state index contributed by atoms with van der Waals surface area (Å²) >= 11 is 0. The van der Waals surface area contributed by atoms with Gasteiger partial charge in [-0.25, -0.2) is 0 Å². The maximum absolute atomic E-state index is 5.53. The van der Waals surface area contributed by atoms with Crippen LogP contribution in [0.1, 0.15) is 50.3 Å². The van der Waals surface area contributed by atoms with E-state index in [-0.39, 0.29) is 0 Å². The molecule has 1 saturated carbocycles. The normalized spacial score (nSPS) is 17.1. The lowest BCUT2D eigenvalue weighted by molar-refractivity contribution is 0.151. The van der Waals surface area contributed by atoms with Gasteiger partial charge in [-0.2, -0.15) is 0 Å². The molecule has 112 valence electrons. The fourth-order valence-corrected chi connectivity index (χ4v) is 2.84. The molecule has 1 aliphatic rings. The highest BCUT2D eigenvalue weighted by Gasteiger charge is 2.22. The van der Waals surface area contributed by atoms with Crippen molar-refractivity contribution < 1.29 is 4.74 Å². The molecule has 0 amide bonds. The average Bonchev–Trinajstić information content (AvgIpc) is 2.36. The molecule has 1 atom stereocenters. The number of hydrogen-bond donors (Lipinski definition) is 1. The van der Waals surface area contributed by atoms with E-state index in [1.807, 2.05) is 0 Å². The highest BCUT2D eigenvalue weighted by atomic mass is 16.5. The molecule has 3 nitrogen and oxygen atoms in total. The quantitative estimate of drug-likeness (QED) is 0.826. The SMILES string of the molecule is CCNC(C)c1ccc(OC)c(CN(C)C2CCC2)c1. The highest BCUT2D eigenvalue weighted by molar-refractivity contribution is 5.38. The summed E-state index contributed by atoms with van der Waals surface area (Å²) in [5.41, 5.74) is 2.63. The summed E-state index contributed by atoms with van der Waals surface area (Å²) in [4.78, 5) is 2.46. The summed E-state index contributed by atoms with van der Waals surface area (Å²) in [5, 5.41) is 3.47. The van der Waals surface area contributed by atoms with E-state index in [1.54, 1.807) is 7.11 Å². The standard InChI is InChI=1S/C17H28N2O/c1-5-18-13(2)14-9-10-17(20-4)15(11-14)12-19(3)16-7-6-8-16/h9-11,13,16,18H,5-8,12H2,1-4H3. The van der Waals surface area contributed by atoms with Crippen LogP contribution in [0.3, 0.4) is 0 Å². The highest BCUT2D eigenvalue weighted by Crippen LogP contribution is 2.29. The third kappa shape index (κ3) is 3.53. The van der Waals surface area contributed by atoms with Gasteiger partial charge in [-0.3, -0.25) is 4.90 Å². The van der Waals surface area contributed by atoms with Gasteiger partial charge in [0.05, 0.1) is 7.11 Å². The van der Waals surface area contributed by atoms with Crippen molar-refractivity contribution in [2.24, 2.45) is 0 Å². The Balaban J connectivity index is 2.13. The van der Waals surface area contributed by atoms with Crippen molar-refractivity contribution in [3.63, 3.8) is 0 Å². The molecule has 0 spiro atoms. The van der Waals surface area contributed by atoms with Crippen LogP contribution in [-0.2, 0) is 6.54 Å². The number of hydrogen-bond acceptors (Lipinski definition) is 3. The van der Waals surface area contributed by atoms with E-state index >= 15 is 0 Å². The smallest absolute Gasteiger partial charge is 0.123 e. The Morgan fingerprint density at radius 2 is 2.15 bits per heavy atom. The summed E-state index contributed by atoms with van der Waals surface area (Å²) in [5.74, 6) is 1.00. The maximum atomic E-state index is 5.53. The molecule has 2 rings (SSSR count). The van der Waals surface area contributed by atoms with Gasteiger partial charge in [0.25, 0.3) is 0 Å². The summed E-state index contributed by atoms with van der Waals surface area (Å²) in [7, 11) is 3.99. The van der Waals surface area contributed by atoms with E-state index in [9.17, 15) is 0 Å². The van der Waals surface area contributed by atoms with E-state index < -0.39 is 0 Å². The fraction of sp³-hybridized carbons (Fsp3) is 0.647. The third-order valence-corrected chi connectivity index (χ3v) is 4.43. The van der Waals surface area contributed by atoms with Gasteiger partial charge in [-0.05, 0) is 51.1 Å². The van der Waals surface area contributed by atoms with Crippen LogP contribution in [0.25, 0.3) is 0 Å². The minimum Gasteiger partial charge on any atom is -0.496 e. The molecule has 0 saturated heterocycles. The topological polar surface area (TPSA) is 24.5 Å². The predicted molar refractivity (Wildman–Crippen MR) is 84.2 cm³/mol. The average molecular weight is 276 g/mol. The lowest BCUT2D eigenvalue weighted by Gasteiger charge is -2.35. The first-order valence-corrected chi connectivity index (χ1v) is 7.76. The second-order valence-corrected chi connectivity index (χ2v) is 5.85. The van der Waals surface area contributed by atoms with E-state index in [2.05, 4.69) is 49.3 Å². The second kappa shape index (κ2) is 7.09. The van der Waals surface area contributed by atoms with Crippen molar-refractivity contribution in [1.82, 2.24) is 10.2 Å². The molecule has 20 heavy (non-hydrogen) atoms. The van der Waals surface area contributed by atoms with Crippen LogP contribution in [0.4, 0.5) is 0 Å². The molecule has 1 unspecified atom stereocenters. The molecule has 1 aromatic carbocycles. The van der Waals surface area contributed by atoms with Crippen molar-refractivity contribution in [3.05, 3.63) is 29.3 Å². The molecule has 0 aromatic heterocycles. The Kier molecular flexibility index (Phi) is 5.44. The zero-order valence-electron chi connectivity index (χ0n) is 13.3. The molecule has 0 radical (unpaired) electrons. The van der Waals surface area contributed by atoms with E-state index in [0.29, 0.717) is 6.04 Å². The van der Waals surface area contributed by atoms with Gasteiger partial charge in [0, 0.05) is 24.2 Å². The zero-order valence-corrected chi connectivity index (χ0v) is 13.3. The van der Waals surface area contributed by atoms with Gasteiger partial charge in [-0.1, -0.05) is 19.4 Å². The Morgan fingerprint density at radius 1 is 1.40 bits per heavy atom. The van der Waals surface area contributed by atoms with Gasteiger partial charge in [-0.15, -0.1) is 0 Å². The Morgan fingerprint density at radius 3 is 2.70 bits per heavy atom. The Labute approximate surface area is 123 Å². The van der Waals surface area contributed by atoms with Crippen LogP contribution in [0.15, 0.2) is 18.2 Å². The van der Waals surface area contributed by atoms with Crippen molar-refractivity contribution in [2.75, 3.05) is 20.7 Å². The monoisotopic (exact) mass is 276 g/mol. The second-order valence-electron chi connectivity index (χ2n) is 5.85. The summed E-state index contributed by atoms with van der Waals surface area (Å²) in [6, 6.07) is 7.71.